The van der Waals surface area contributed by atoms with E-state index in [9.17, 15) is 15.2 Å². The minimum Gasteiger partial charge on any atom is -0.384 e. The smallest absolute Gasteiger partial charge is 0.257 e. The van der Waals surface area contributed by atoms with E-state index in [2.05, 4.69) is 10.1 Å². The fraction of sp³-hybridized carbons (Fsp3) is 0.267. The van der Waals surface area contributed by atoms with Crippen molar-refractivity contribution in [3.05, 3.63) is 117 Å². The summed E-state index contributed by atoms with van der Waals surface area (Å²) < 4.78 is 30.3. The van der Waals surface area contributed by atoms with E-state index in [1.54, 1.807) is 49.6 Å². The van der Waals surface area contributed by atoms with Crippen molar-refractivity contribution < 1.29 is 23.8 Å². The van der Waals surface area contributed by atoms with Crippen molar-refractivity contribution in [2.45, 2.75) is 30.9 Å². The molecular weight excluding hydrogens is 549 g/mol. The lowest BCUT2D eigenvalue weighted by molar-refractivity contribution is -0.148. The Kier molecular flexibility index (Phi) is 7.05. The average Bonchev–Trinajstić information content (AvgIpc) is 3.70. The molecule has 0 saturated carbocycles. The van der Waals surface area contributed by atoms with Crippen LogP contribution < -0.4 is 0 Å². The van der Waals surface area contributed by atoms with E-state index in [1.165, 1.54) is 34.1 Å². The molecule has 41 heavy (non-hydrogen) atoms. The van der Waals surface area contributed by atoms with Crippen LogP contribution in [0.4, 0.5) is 4.39 Å². The van der Waals surface area contributed by atoms with Gasteiger partial charge >= 0.3 is 0 Å². The van der Waals surface area contributed by atoms with Crippen molar-refractivity contribution in [3.8, 4) is 6.07 Å². The molecule has 0 spiro atoms. The molecule has 3 atom stereocenters. The minimum absolute atomic E-state index is 0.0347. The Morgan fingerprint density at radius 3 is 2.68 bits per heavy atom. The highest BCUT2D eigenvalue weighted by Gasteiger charge is 2.55. The molecule has 9 nitrogen and oxygen atoms in total. The summed E-state index contributed by atoms with van der Waals surface area (Å²) in [5, 5.41) is 24.8. The molecule has 4 heterocycles. The van der Waals surface area contributed by atoms with Gasteiger partial charge in [0.05, 0.1) is 47.8 Å². The van der Waals surface area contributed by atoms with E-state index in [4.69, 9.17) is 21.1 Å². The highest BCUT2D eigenvalue weighted by Crippen LogP contribution is 2.49. The zero-order chi connectivity index (χ0) is 28.7. The fourth-order valence-electron chi connectivity index (χ4n) is 5.44. The van der Waals surface area contributed by atoms with Gasteiger partial charge in [0.1, 0.15) is 18.0 Å². The minimum atomic E-state index is -1.69. The lowest BCUT2D eigenvalue weighted by atomic mass is 9.90. The van der Waals surface area contributed by atoms with Gasteiger partial charge in [-0.1, -0.05) is 23.7 Å². The van der Waals surface area contributed by atoms with Gasteiger partial charge in [0.25, 0.3) is 5.91 Å². The third-order valence-electron chi connectivity index (χ3n) is 7.40. The molecule has 2 aliphatic heterocycles. The predicted molar refractivity (Wildman–Crippen MR) is 145 cm³/mol. The molecule has 1 fully saturated rings. The van der Waals surface area contributed by atoms with Gasteiger partial charge in [0, 0.05) is 42.2 Å². The van der Waals surface area contributed by atoms with Gasteiger partial charge in [-0.05, 0) is 48.4 Å². The second-order valence-electron chi connectivity index (χ2n) is 10.1. The molecular formula is C30H25ClFN5O4. The number of ether oxygens (including phenoxy) is 2. The summed E-state index contributed by atoms with van der Waals surface area (Å²) in [4.78, 5) is 20.1. The Morgan fingerprint density at radius 1 is 1.24 bits per heavy atom. The van der Waals surface area contributed by atoms with Crippen LogP contribution in [0.2, 0.25) is 5.02 Å². The maximum atomic E-state index is 16.5. The molecule has 2 aromatic carbocycles. The second kappa shape index (κ2) is 10.7. The van der Waals surface area contributed by atoms with Crippen molar-refractivity contribution in [2.75, 3.05) is 13.2 Å². The molecule has 6 rings (SSSR count). The van der Waals surface area contributed by atoms with Crippen LogP contribution in [0.3, 0.4) is 0 Å². The van der Waals surface area contributed by atoms with Crippen LogP contribution in [-0.4, -0.2) is 50.0 Å². The first-order valence-corrected chi connectivity index (χ1v) is 13.4. The van der Waals surface area contributed by atoms with Crippen LogP contribution >= 0.6 is 11.6 Å². The molecule has 1 unspecified atom stereocenters. The fourth-order valence-corrected chi connectivity index (χ4v) is 5.56. The highest BCUT2D eigenvalue weighted by atomic mass is 35.5. The zero-order valence-electron chi connectivity index (χ0n) is 22.0. The first-order valence-electron chi connectivity index (χ1n) is 13.0. The standard InChI is InChI=1S/C30H25ClFN5O4/c1-36-15-20(14-35-36)28(38)19-10-25-27(26(32)11-19)30(41-24-8-9-40-17-24,21-3-5-22(31)6-4-21)37(29(25)39)16-23-7-2-18(12-33)13-34-23/h2-7,10-11,13-15,24,28,38H,8-9,16-17H2,1H3/t24-,28?,30+/m0/s1. The first kappa shape index (κ1) is 27.1. The van der Waals surface area contributed by atoms with Crippen LogP contribution in [-0.2, 0) is 28.8 Å². The number of amides is 1. The maximum Gasteiger partial charge on any atom is 0.257 e. The Labute approximate surface area is 240 Å². The molecule has 2 aliphatic rings. The number of nitrogens with zero attached hydrogens (tertiary/aromatic N) is 5. The van der Waals surface area contributed by atoms with Crippen LogP contribution in [0.1, 0.15) is 56.4 Å². The summed E-state index contributed by atoms with van der Waals surface area (Å²) in [6.45, 7) is 0.703. The number of pyridine rings is 1. The van der Waals surface area contributed by atoms with E-state index in [1.807, 2.05) is 6.07 Å². The number of halogens is 2. The summed E-state index contributed by atoms with van der Waals surface area (Å²) in [7, 11) is 1.71. The van der Waals surface area contributed by atoms with Crippen LogP contribution in [0.5, 0.6) is 0 Å². The van der Waals surface area contributed by atoms with Crippen molar-refractivity contribution in [1.82, 2.24) is 19.7 Å². The Balaban J connectivity index is 1.55. The SMILES string of the molecule is Cn1cc(C(O)c2cc(F)c3c(c2)C(=O)N(Cc2ccc(C#N)cn2)[C@@]3(O[C@H]2CCOC2)c2ccc(Cl)cc2)cn1. The number of aliphatic hydroxyl groups is 1. The van der Waals surface area contributed by atoms with Crippen molar-refractivity contribution in [1.29, 1.82) is 5.26 Å². The second-order valence-corrected chi connectivity index (χ2v) is 10.5. The van der Waals surface area contributed by atoms with E-state index in [0.29, 0.717) is 40.4 Å². The Bertz CT molecular complexity index is 1650. The lowest BCUT2D eigenvalue weighted by Gasteiger charge is -2.41. The van der Waals surface area contributed by atoms with Crippen molar-refractivity contribution >= 4 is 17.5 Å². The van der Waals surface area contributed by atoms with Gasteiger partial charge in [0.15, 0.2) is 0 Å². The molecule has 1 N–H and O–H groups in total. The quantitative estimate of drug-likeness (QED) is 0.352. The molecule has 0 bridgehead atoms. The summed E-state index contributed by atoms with van der Waals surface area (Å²) in [6.07, 6.45) is 3.45. The summed E-state index contributed by atoms with van der Waals surface area (Å²) in [6, 6.07) is 14.7. The number of carbonyl (C=O) groups excluding carboxylic acids is 1. The molecule has 0 aliphatic carbocycles. The highest BCUT2D eigenvalue weighted by molar-refractivity contribution is 6.30. The van der Waals surface area contributed by atoms with E-state index >= 15 is 4.39 Å². The number of fused-ring (bicyclic) bond motifs is 1. The first-order chi connectivity index (χ1) is 19.8. The summed E-state index contributed by atoms with van der Waals surface area (Å²) >= 11 is 6.22. The summed E-state index contributed by atoms with van der Waals surface area (Å²) in [5.41, 5.74) is 0.410. The lowest BCUT2D eigenvalue weighted by Crippen LogP contribution is -2.49. The summed E-state index contributed by atoms with van der Waals surface area (Å²) in [5.74, 6) is -1.21. The van der Waals surface area contributed by atoms with Gasteiger partial charge in [-0.25, -0.2) is 4.39 Å². The number of hydrogen-bond donors (Lipinski definition) is 1. The zero-order valence-corrected chi connectivity index (χ0v) is 22.8. The van der Waals surface area contributed by atoms with E-state index in [-0.39, 0.29) is 29.8 Å². The van der Waals surface area contributed by atoms with E-state index < -0.39 is 29.7 Å². The number of aliphatic hydroxyl groups excluding tert-OH is 1. The average molecular weight is 574 g/mol. The molecule has 208 valence electrons. The number of hydrogen-bond acceptors (Lipinski definition) is 7. The Morgan fingerprint density at radius 2 is 2.05 bits per heavy atom. The number of aromatic nitrogens is 3. The molecule has 2 aromatic heterocycles. The third-order valence-corrected chi connectivity index (χ3v) is 7.65. The monoisotopic (exact) mass is 573 g/mol. The van der Waals surface area contributed by atoms with Gasteiger partial charge in [0.2, 0.25) is 5.72 Å². The largest absolute Gasteiger partial charge is 0.384 e. The van der Waals surface area contributed by atoms with Crippen molar-refractivity contribution in [2.24, 2.45) is 7.05 Å². The van der Waals surface area contributed by atoms with Gasteiger partial charge in [-0.15, -0.1) is 0 Å². The molecule has 4 aromatic rings. The van der Waals surface area contributed by atoms with Crippen LogP contribution in [0.15, 0.2) is 67.1 Å². The molecule has 0 radical (unpaired) electrons. The van der Waals surface area contributed by atoms with Crippen LogP contribution in [0, 0.1) is 17.1 Å². The van der Waals surface area contributed by atoms with Gasteiger partial charge in [-0.2, -0.15) is 10.4 Å². The molecule has 1 amide bonds. The number of rotatable bonds is 7. The third kappa shape index (κ3) is 4.77. The normalized spacial score (nSPS) is 20.7. The predicted octanol–water partition coefficient (Wildman–Crippen LogP) is 4.22. The Hall–Kier alpha value is -4.14. The number of benzene rings is 2. The van der Waals surface area contributed by atoms with E-state index in [0.717, 1.165) is 0 Å². The molecule has 1 saturated heterocycles. The topological polar surface area (TPSA) is 114 Å². The van der Waals surface area contributed by atoms with Gasteiger partial charge in [-0.3, -0.25) is 19.4 Å². The molecule has 11 heteroatoms. The van der Waals surface area contributed by atoms with Gasteiger partial charge < -0.3 is 14.6 Å². The number of nitriles is 1. The number of carbonyl (C=O) groups is 1. The van der Waals surface area contributed by atoms with Crippen molar-refractivity contribution in [3.63, 3.8) is 0 Å². The number of aryl methyl sites for hydroxylation is 1. The van der Waals surface area contributed by atoms with Crippen LogP contribution in [0.25, 0.3) is 0 Å². The maximum absolute atomic E-state index is 16.5.